The first-order chi connectivity index (χ1) is 10.5. The predicted octanol–water partition coefficient (Wildman–Crippen LogP) is 3.47. The predicted molar refractivity (Wildman–Crippen MR) is 82.1 cm³/mol. The molecule has 0 heterocycles. The standard InChI is InChI=1S/C17H14FNO3/c1-11(12-5-7-15(18)8-6-12)9-16(22-19)13-3-2-4-14(10-13)17(20)21/h2-10H,1,19H2,(H,20,21)/b16-9-. The van der Waals surface area contributed by atoms with Crippen molar-refractivity contribution < 1.29 is 19.1 Å². The highest BCUT2D eigenvalue weighted by Gasteiger charge is 2.08. The third kappa shape index (κ3) is 3.59. The van der Waals surface area contributed by atoms with E-state index >= 15 is 0 Å². The van der Waals surface area contributed by atoms with Gasteiger partial charge in [-0.25, -0.2) is 9.18 Å². The molecule has 112 valence electrons. The van der Waals surface area contributed by atoms with Gasteiger partial charge in [-0.1, -0.05) is 30.8 Å². The number of aromatic carboxylic acids is 1. The Kier molecular flexibility index (Phi) is 4.70. The lowest BCUT2D eigenvalue weighted by molar-refractivity contribution is 0.0697. The number of carbonyl (C=O) groups is 1. The molecule has 0 radical (unpaired) electrons. The first-order valence-corrected chi connectivity index (χ1v) is 6.38. The Bertz CT molecular complexity index is 736. The zero-order valence-electron chi connectivity index (χ0n) is 11.6. The third-order valence-corrected chi connectivity index (χ3v) is 3.04. The van der Waals surface area contributed by atoms with E-state index in [2.05, 4.69) is 6.58 Å². The Labute approximate surface area is 126 Å². The molecule has 0 atom stereocenters. The fraction of sp³-hybridized carbons (Fsp3) is 0. The second-order valence-corrected chi connectivity index (χ2v) is 4.54. The van der Waals surface area contributed by atoms with Gasteiger partial charge >= 0.3 is 5.97 Å². The maximum Gasteiger partial charge on any atom is 0.335 e. The van der Waals surface area contributed by atoms with Crippen molar-refractivity contribution in [1.29, 1.82) is 0 Å². The maximum atomic E-state index is 12.9. The number of hydrogen-bond donors (Lipinski definition) is 2. The number of carboxylic acid groups (broad SMARTS) is 1. The van der Waals surface area contributed by atoms with E-state index in [-0.39, 0.29) is 17.1 Å². The van der Waals surface area contributed by atoms with E-state index in [1.807, 2.05) is 0 Å². The number of benzene rings is 2. The van der Waals surface area contributed by atoms with E-state index in [9.17, 15) is 9.18 Å². The van der Waals surface area contributed by atoms with E-state index in [0.29, 0.717) is 16.7 Å². The van der Waals surface area contributed by atoms with Crippen molar-refractivity contribution in [2.75, 3.05) is 0 Å². The normalized spacial score (nSPS) is 11.1. The van der Waals surface area contributed by atoms with E-state index < -0.39 is 5.97 Å². The molecule has 0 saturated heterocycles. The first-order valence-electron chi connectivity index (χ1n) is 6.38. The highest BCUT2D eigenvalue weighted by atomic mass is 19.1. The summed E-state index contributed by atoms with van der Waals surface area (Å²) in [6.07, 6.45) is 1.56. The Morgan fingerprint density at radius 3 is 2.36 bits per heavy atom. The van der Waals surface area contributed by atoms with Gasteiger partial charge in [0.15, 0.2) is 5.76 Å². The summed E-state index contributed by atoms with van der Waals surface area (Å²) in [5, 5.41) is 9.01. The molecule has 4 nitrogen and oxygen atoms in total. The van der Waals surface area contributed by atoms with E-state index in [4.69, 9.17) is 15.8 Å². The van der Waals surface area contributed by atoms with Crippen molar-refractivity contribution in [3.63, 3.8) is 0 Å². The van der Waals surface area contributed by atoms with Crippen LogP contribution in [0.4, 0.5) is 4.39 Å². The van der Waals surface area contributed by atoms with Crippen LogP contribution in [0.5, 0.6) is 0 Å². The number of hydrogen-bond acceptors (Lipinski definition) is 3. The highest BCUT2D eigenvalue weighted by Crippen LogP contribution is 2.22. The number of halogens is 1. The van der Waals surface area contributed by atoms with Crippen molar-refractivity contribution in [3.05, 3.63) is 83.7 Å². The summed E-state index contributed by atoms with van der Waals surface area (Å²) >= 11 is 0. The van der Waals surface area contributed by atoms with Crippen molar-refractivity contribution in [2.24, 2.45) is 5.90 Å². The van der Waals surface area contributed by atoms with Gasteiger partial charge in [-0.3, -0.25) is 0 Å². The molecule has 22 heavy (non-hydrogen) atoms. The SMILES string of the molecule is C=C(/C=C(\ON)c1cccc(C(=O)O)c1)c1ccc(F)cc1. The minimum Gasteiger partial charge on any atom is -0.478 e. The fourth-order valence-electron chi connectivity index (χ4n) is 1.90. The van der Waals surface area contributed by atoms with Gasteiger partial charge in [0.2, 0.25) is 0 Å². The molecule has 0 bridgehead atoms. The summed E-state index contributed by atoms with van der Waals surface area (Å²) < 4.78 is 12.9. The van der Waals surface area contributed by atoms with Gasteiger partial charge in [0.05, 0.1) is 5.56 Å². The number of nitrogens with two attached hydrogens (primary N) is 1. The number of allylic oxidation sites excluding steroid dienone is 2. The summed E-state index contributed by atoms with van der Waals surface area (Å²) in [5.41, 5.74) is 1.88. The Hall–Kier alpha value is -2.92. The molecule has 0 aliphatic heterocycles. The van der Waals surface area contributed by atoms with Crippen molar-refractivity contribution >= 4 is 17.3 Å². The van der Waals surface area contributed by atoms with Crippen LogP contribution in [-0.4, -0.2) is 11.1 Å². The van der Waals surface area contributed by atoms with Gasteiger partial charge < -0.3 is 9.94 Å². The van der Waals surface area contributed by atoms with E-state index in [0.717, 1.165) is 0 Å². The Balaban J connectivity index is 2.34. The maximum absolute atomic E-state index is 12.9. The zero-order valence-corrected chi connectivity index (χ0v) is 11.6. The van der Waals surface area contributed by atoms with Crippen LogP contribution in [0, 0.1) is 5.82 Å². The first kappa shape index (κ1) is 15.5. The lowest BCUT2D eigenvalue weighted by Gasteiger charge is -2.08. The molecule has 0 aliphatic rings. The quantitative estimate of drug-likeness (QED) is 0.504. The zero-order chi connectivity index (χ0) is 16.1. The summed E-state index contributed by atoms with van der Waals surface area (Å²) in [4.78, 5) is 15.8. The summed E-state index contributed by atoms with van der Waals surface area (Å²) in [6.45, 7) is 3.87. The van der Waals surface area contributed by atoms with Crippen molar-refractivity contribution in [2.45, 2.75) is 0 Å². The second-order valence-electron chi connectivity index (χ2n) is 4.54. The third-order valence-electron chi connectivity index (χ3n) is 3.04. The molecule has 5 heteroatoms. The average molecular weight is 299 g/mol. The summed E-state index contributed by atoms with van der Waals surface area (Å²) in [7, 11) is 0. The van der Waals surface area contributed by atoms with Gasteiger partial charge in [0, 0.05) is 5.56 Å². The Morgan fingerprint density at radius 1 is 1.14 bits per heavy atom. The molecule has 0 aliphatic carbocycles. The summed E-state index contributed by atoms with van der Waals surface area (Å²) in [6, 6.07) is 12.0. The molecule has 0 amide bonds. The second kappa shape index (κ2) is 6.69. The van der Waals surface area contributed by atoms with Crippen LogP contribution in [0.3, 0.4) is 0 Å². The van der Waals surface area contributed by atoms with Crippen LogP contribution >= 0.6 is 0 Å². The topological polar surface area (TPSA) is 72.5 Å². The largest absolute Gasteiger partial charge is 0.478 e. The van der Waals surface area contributed by atoms with E-state index in [1.54, 1.807) is 30.3 Å². The average Bonchev–Trinajstić information content (AvgIpc) is 2.53. The molecule has 0 spiro atoms. The molecule has 2 rings (SSSR count). The minimum atomic E-state index is -1.05. The van der Waals surface area contributed by atoms with E-state index in [1.165, 1.54) is 24.3 Å². The molecule has 0 fully saturated rings. The Morgan fingerprint density at radius 2 is 1.77 bits per heavy atom. The highest BCUT2D eigenvalue weighted by molar-refractivity contribution is 5.89. The van der Waals surface area contributed by atoms with Crippen LogP contribution in [0.1, 0.15) is 21.5 Å². The molecule has 0 unspecified atom stereocenters. The van der Waals surface area contributed by atoms with Crippen LogP contribution in [-0.2, 0) is 4.84 Å². The molecule has 0 aromatic heterocycles. The fourth-order valence-corrected chi connectivity index (χ4v) is 1.90. The number of carboxylic acids is 1. The molecule has 3 N–H and O–H groups in total. The molecular weight excluding hydrogens is 285 g/mol. The molecule has 2 aromatic carbocycles. The number of rotatable bonds is 5. The van der Waals surface area contributed by atoms with Crippen LogP contribution < -0.4 is 5.90 Å². The van der Waals surface area contributed by atoms with Crippen LogP contribution in [0.25, 0.3) is 11.3 Å². The van der Waals surface area contributed by atoms with Gasteiger partial charge in [-0.15, -0.1) is 0 Å². The smallest absolute Gasteiger partial charge is 0.335 e. The lowest BCUT2D eigenvalue weighted by atomic mass is 10.0. The van der Waals surface area contributed by atoms with Crippen LogP contribution in [0.2, 0.25) is 0 Å². The molecular formula is C17H14FNO3. The van der Waals surface area contributed by atoms with Gasteiger partial charge in [-0.2, -0.15) is 5.90 Å². The van der Waals surface area contributed by atoms with Crippen molar-refractivity contribution in [3.8, 4) is 0 Å². The monoisotopic (exact) mass is 299 g/mol. The molecule has 2 aromatic rings. The summed E-state index contributed by atoms with van der Waals surface area (Å²) in [5.74, 6) is 4.14. The minimum absolute atomic E-state index is 0.118. The van der Waals surface area contributed by atoms with Gasteiger partial charge in [0.1, 0.15) is 5.82 Å². The molecule has 0 saturated carbocycles. The van der Waals surface area contributed by atoms with Gasteiger partial charge in [0.25, 0.3) is 0 Å². The van der Waals surface area contributed by atoms with Gasteiger partial charge in [-0.05, 0) is 41.5 Å². The van der Waals surface area contributed by atoms with Crippen LogP contribution in [0.15, 0.2) is 61.2 Å². The lowest BCUT2D eigenvalue weighted by Crippen LogP contribution is -2.02. The van der Waals surface area contributed by atoms with Crippen molar-refractivity contribution in [1.82, 2.24) is 0 Å².